The molecule has 3 N–H and O–H groups in total. The molecule has 1 aliphatic carbocycles. The maximum absolute atomic E-state index is 13.6. The summed E-state index contributed by atoms with van der Waals surface area (Å²) in [5.74, 6) is 1.07. The number of amides is 1. The van der Waals surface area contributed by atoms with Crippen molar-refractivity contribution in [1.82, 2.24) is 15.3 Å². The maximum Gasteiger partial charge on any atom is 0.217 e. The van der Waals surface area contributed by atoms with Crippen LogP contribution < -0.4 is 15.4 Å². The fraction of sp³-hybridized carbons (Fsp3) is 0.250. The molecular weight excluding hydrogens is 476 g/mol. The van der Waals surface area contributed by atoms with Gasteiger partial charge in [-0.3, -0.25) is 9.59 Å². The predicted molar refractivity (Wildman–Crippen MR) is 141 cm³/mol. The summed E-state index contributed by atoms with van der Waals surface area (Å²) in [6.45, 7) is 1.55. The second kappa shape index (κ2) is 10.4. The molecule has 2 aromatic heterocycles. The number of carbonyl (C=O) groups excluding carboxylic acids is 2. The molecule has 1 fully saturated rings. The minimum Gasteiger partial charge on any atom is -0.457 e. The number of carbonyl (C=O) groups is 2. The van der Waals surface area contributed by atoms with Crippen LogP contribution in [-0.2, 0) is 4.79 Å². The van der Waals surface area contributed by atoms with Crippen molar-refractivity contribution in [1.29, 1.82) is 0 Å². The molecule has 8 heteroatoms. The minimum atomic E-state index is -0.192. The van der Waals surface area contributed by atoms with Crippen LogP contribution in [0.2, 0.25) is 5.02 Å². The lowest BCUT2D eigenvalue weighted by atomic mass is 9.90. The van der Waals surface area contributed by atoms with E-state index in [1.165, 1.54) is 0 Å². The molecule has 0 aliphatic heterocycles. The Morgan fingerprint density at radius 1 is 0.972 bits per heavy atom. The Bertz CT molecular complexity index is 1390. The van der Waals surface area contributed by atoms with Crippen LogP contribution in [0.5, 0.6) is 11.5 Å². The van der Waals surface area contributed by atoms with Gasteiger partial charge in [0.25, 0.3) is 0 Å². The molecule has 1 amide bonds. The van der Waals surface area contributed by atoms with E-state index in [0.717, 1.165) is 36.8 Å². The first-order valence-electron chi connectivity index (χ1n) is 12.0. The second-order valence-corrected chi connectivity index (χ2v) is 9.47. The maximum atomic E-state index is 13.6. The Morgan fingerprint density at radius 3 is 2.44 bits per heavy atom. The minimum absolute atomic E-state index is 0.0102. The zero-order chi connectivity index (χ0) is 25.1. The third-order valence-electron chi connectivity index (χ3n) is 6.48. The van der Waals surface area contributed by atoms with Crippen molar-refractivity contribution in [2.45, 2.75) is 44.7 Å². The summed E-state index contributed by atoms with van der Waals surface area (Å²) in [6.07, 6.45) is 7.09. The number of benzene rings is 2. The number of halogens is 1. The van der Waals surface area contributed by atoms with Gasteiger partial charge in [0.1, 0.15) is 17.1 Å². The molecule has 5 rings (SSSR count). The number of hydrogen-bond donors (Lipinski definition) is 3. The number of H-pyrrole nitrogens is 1. The summed E-state index contributed by atoms with van der Waals surface area (Å²) in [5.41, 5.74) is 2.39. The Kier molecular flexibility index (Phi) is 6.91. The molecule has 2 heterocycles. The van der Waals surface area contributed by atoms with Gasteiger partial charge < -0.3 is 20.4 Å². The van der Waals surface area contributed by atoms with Crippen LogP contribution in [0.1, 0.15) is 48.5 Å². The summed E-state index contributed by atoms with van der Waals surface area (Å²) in [4.78, 5) is 32.5. The molecule has 7 nitrogen and oxygen atoms in total. The Morgan fingerprint density at radius 2 is 1.72 bits per heavy atom. The van der Waals surface area contributed by atoms with Gasteiger partial charge in [0.2, 0.25) is 5.91 Å². The number of nitrogens with zero attached hydrogens (tertiary/aromatic N) is 1. The van der Waals surface area contributed by atoms with E-state index in [4.69, 9.17) is 16.3 Å². The molecule has 1 saturated carbocycles. The van der Waals surface area contributed by atoms with E-state index in [1.807, 2.05) is 36.4 Å². The van der Waals surface area contributed by atoms with Crippen molar-refractivity contribution in [3.8, 4) is 11.5 Å². The number of rotatable bonds is 7. The first-order chi connectivity index (χ1) is 17.5. The molecule has 4 aromatic rings. The predicted octanol–water partition coefficient (Wildman–Crippen LogP) is 6.10. The summed E-state index contributed by atoms with van der Waals surface area (Å²) >= 11 is 6.53. The molecule has 36 heavy (non-hydrogen) atoms. The van der Waals surface area contributed by atoms with Gasteiger partial charge in [-0.25, -0.2) is 4.98 Å². The van der Waals surface area contributed by atoms with Gasteiger partial charge in [0.05, 0.1) is 16.0 Å². The van der Waals surface area contributed by atoms with Crippen molar-refractivity contribution < 1.29 is 14.3 Å². The molecule has 184 valence electrons. The lowest BCUT2D eigenvalue weighted by Gasteiger charge is -2.30. The summed E-state index contributed by atoms with van der Waals surface area (Å²) < 4.78 is 5.84. The average Bonchev–Trinajstić information content (AvgIpc) is 3.31. The monoisotopic (exact) mass is 502 g/mol. The van der Waals surface area contributed by atoms with E-state index in [-0.39, 0.29) is 23.8 Å². The molecule has 2 aromatic carbocycles. The molecule has 0 saturated heterocycles. The van der Waals surface area contributed by atoms with E-state index in [1.54, 1.807) is 37.5 Å². The smallest absolute Gasteiger partial charge is 0.217 e. The third-order valence-corrected chi connectivity index (χ3v) is 6.79. The fourth-order valence-corrected chi connectivity index (χ4v) is 5.01. The van der Waals surface area contributed by atoms with Crippen LogP contribution in [-0.4, -0.2) is 33.7 Å². The molecule has 0 unspecified atom stereocenters. The highest BCUT2D eigenvalue weighted by Gasteiger charge is 2.24. The fourth-order valence-electron chi connectivity index (χ4n) is 4.76. The zero-order valence-electron chi connectivity index (χ0n) is 19.9. The lowest BCUT2D eigenvalue weighted by Crippen LogP contribution is -2.39. The molecule has 0 spiro atoms. The number of pyridine rings is 1. The van der Waals surface area contributed by atoms with E-state index < -0.39 is 0 Å². The molecule has 0 atom stereocenters. The number of para-hydroxylation sites is 1. The van der Waals surface area contributed by atoms with Crippen molar-refractivity contribution >= 4 is 40.0 Å². The van der Waals surface area contributed by atoms with Gasteiger partial charge in [0, 0.05) is 48.7 Å². The van der Waals surface area contributed by atoms with Crippen LogP contribution in [0.3, 0.4) is 0 Å². The number of hydrogen-bond acceptors (Lipinski definition) is 5. The lowest BCUT2D eigenvalue weighted by molar-refractivity contribution is -0.119. The number of ether oxygens (including phenoxy) is 1. The van der Waals surface area contributed by atoms with Crippen LogP contribution in [0, 0.1) is 0 Å². The van der Waals surface area contributed by atoms with Crippen LogP contribution in [0.25, 0.3) is 11.0 Å². The molecule has 0 bridgehead atoms. The number of ketones is 1. The Hall–Kier alpha value is -3.84. The highest BCUT2D eigenvalue weighted by atomic mass is 35.5. The number of aromatic amines is 1. The van der Waals surface area contributed by atoms with Crippen LogP contribution in [0.4, 0.5) is 5.69 Å². The highest BCUT2D eigenvalue weighted by Crippen LogP contribution is 2.33. The van der Waals surface area contributed by atoms with Gasteiger partial charge in [-0.2, -0.15) is 0 Å². The molecule has 0 radical (unpaired) electrons. The standard InChI is InChI=1S/C28H27ClN4O3/c1-17(34)32-18-7-9-19(10-8-18)33-25-13-14-30-28-26(25)23(16-31-28)27(35)22-12-11-21(15-24(22)29)36-20-5-3-2-4-6-20/h2-6,11-16,18-19H,7-10H2,1H3,(H,32,34)(H2,30,31,33). The number of anilines is 1. The van der Waals surface area contributed by atoms with Crippen molar-refractivity contribution in [2.75, 3.05) is 5.32 Å². The number of aromatic nitrogens is 2. The number of nitrogens with one attached hydrogen (secondary N) is 3. The van der Waals surface area contributed by atoms with E-state index in [9.17, 15) is 9.59 Å². The largest absolute Gasteiger partial charge is 0.457 e. The second-order valence-electron chi connectivity index (χ2n) is 9.06. The van der Waals surface area contributed by atoms with E-state index >= 15 is 0 Å². The van der Waals surface area contributed by atoms with Gasteiger partial charge in [0.15, 0.2) is 5.78 Å². The van der Waals surface area contributed by atoms with Gasteiger partial charge in [-0.1, -0.05) is 29.8 Å². The van der Waals surface area contributed by atoms with Gasteiger partial charge >= 0.3 is 0 Å². The Balaban J connectivity index is 1.36. The molecule has 1 aliphatic rings. The third kappa shape index (κ3) is 5.21. The first-order valence-corrected chi connectivity index (χ1v) is 12.4. The summed E-state index contributed by atoms with van der Waals surface area (Å²) in [7, 11) is 0. The topological polar surface area (TPSA) is 96.1 Å². The van der Waals surface area contributed by atoms with Crippen LogP contribution in [0.15, 0.2) is 67.0 Å². The first kappa shape index (κ1) is 23.9. The van der Waals surface area contributed by atoms with Gasteiger partial charge in [-0.15, -0.1) is 0 Å². The van der Waals surface area contributed by atoms with Crippen molar-refractivity contribution in [2.24, 2.45) is 0 Å². The van der Waals surface area contributed by atoms with Crippen LogP contribution >= 0.6 is 11.6 Å². The summed E-state index contributed by atoms with van der Waals surface area (Å²) in [5, 5.41) is 7.67. The van der Waals surface area contributed by atoms with Crippen molar-refractivity contribution in [3.05, 3.63) is 83.1 Å². The average molecular weight is 503 g/mol. The van der Waals surface area contributed by atoms with Gasteiger partial charge in [-0.05, 0) is 56.0 Å². The summed E-state index contributed by atoms with van der Waals surface area (Å²) in [6, 6.07) is 16.8. The normalized spacial score (nSPS) is 17.5. The highest BCUT2D eigenvalue weighted by molar-refractivity contribution is 6.35. The quantitative estimate of drug-likeness (QED) is 0.265. The zero-order valence-corrected chi connectivity index (χ0v) is 20.6. The van der Waals surface area contributed by atoms with E-state index in [0.29, 0.717) is 33.3 Å². The number of fused-ring (bicyclic) bond motifs is 1. The van der Waals surface area contributed by atoms with Crippen molar-refractivity contribution in [3.63, 3.8) is 0 Å². The molecular formula is C28H27ClN4O3. The Labute approximate surface area is 214 Å². The SMILES string of the molecule is CC(=O)NC1CCC(Nc2ccnc3[nH]cc(C(=O)c4ccc(Oc5ccccc5)cc4Cl)c23)CC1. The van der Waals surface area contributed by atoms with E-state index in [2.05, 4.69) is 20.6 Å².